The lowest BCUT2D eigenvalue weighted by atomic mass is 9.80. The second-order valence-electron chi connectivity index (χ2n) is 12.7. The Hall–Kier alpha value is -3.98. The summed E-state index contributed by atoms with van der Waals surface area (Å²) in [5, 5.41) is 0. The van der Waals surface area contributed by atoms with Gasteiger partial charge < -0.3 is 4.74 Å². The molecule has 0 aromatic heterocycles. The highest BCUT2D eigenvalue weighted by atomic mass is 19.1. The van der Waals surface area contributed by atoms with Crippen molar-refractivity contribution < 1.29 is 13.9 Å². The van der Waals surface area contributed by atoms with Crippen molar-refractivity contribution >= 4 is 5.97 Å². The maximum absolute atomic E-state index is 15.7. The van der Waals surface area contributed by atoms with E-state index in [9.17, 15) is 4.79 Å². The van der Waals surface area contributed by atoms with E-state index in [0.29, 0.717) is 12.2 Å². The van der Waals surface area contributed by atoms with Gasteiger partial charge in [0.1, 0.15) is 5.82 Å². The van der Waals surface area contributed by atoms with Crippen molar-refractivity contribution in [2.24, 2.45) is 0 Å². The summed E-state index contributed by atoms with van der Waals surface area (Å²) in [7, 11) is 0. The van der Waals surface area contributed by atoms with Crippen LogP contribution in [0.4, 0.5) is 4.39 Å². The Labute approximate surface area is 242 Å². The van der Waals surface area contributed by atoms with Gasteiger partial charge in [0.2, 0.25) is 0 Å². The third-order valence-corrected chi connectivity index (χ3v) is 9.15. The number of hydrogen-bond donors (Lipinski definition) is 0. The molecule has 0 N–H and O–H groups in total. The molecule has 0 aliphatic heterocycles. The predicted octanol–water partition coefficient (Wildman–Crippen LogP) is 9.55. The van der Waals surface area contributed by atoms with E-state index in [1.165, 1.54) is 33.4 Å². The second kappa shape index (κ2) is 9.83. The largest absolute Gasteiger partial charge is 0.462 e. The zero-order chi connectivity index (χ0) is 29.1. The van der Waals surface area contributed by atoms with Crippen molar-refractivity contribution in [1.29, 1.82) is 0 Å². The summed E-state index contributed by atoms with van der Waals surface area (Å²) in [6, 6.07) is 25.5. The zero-order valence-corrected chi connectivity index (χ0v) is 24.7. The number of carbonyl (C=O) groups excluding carboxylic acids is 1. The van der Waals surface area contributed by atoms with Gasteiger partial charge in [-0.3, -0.25) is 0 Å². The highest BCUT2D eigenvalue weighted by molar-refractivity contribution is 5.87. The highest BCUT2D eigenvalue weighted by Crippen LogP contribution is 2.52. The Bertz CT molecular complexity index is 1720. The Balaban J connectivity index is 1.27. The van der Waals surface area contributed by atoms with Gasteiger partial charge in [0.25, 0.3) is 0 Å². The van der Waals surface area contributed by atoms with Crippen molar-refractivity contribution in [2.75, 3.05) is 6.61 Å². The lowest BCUT2D eigenvalue weighted by Gasteiger charge is -2.23. The van der Waals surface area contributed by atoms with Gasteiger partial charge in [-0.15, -0.1) is 0 Å². The maximum atomic E-state index is 15.7. The first-order valence-corrected chi connectivity index (χ1v) is 14.6. The molecule has 0 bridgehead atoms. The van der Waals surface area contributed by atoms with E-state index in [-0.39, 0.29) is 22.6 Å². The Morgan fingerprint density at radius 3 is 2.17 bits per heavy atom. The number of rotatable bonds is 7. The molecule has 0 atom stereocenters. The number of fused-ring (bicyclic) bond motifs is 6. The normalized spacial score (nSPS) is 15.1. The number of unbranched alkanes of at least 4 members (excludes halogenated alkanes) is 1. The molecular weight excluding hydrogens is 507 g/mol. The van der Waals surface area contributed by atoms with Gasteiger partial charge in [-0.1, -0.05) is 88.9 Å². The summed E-state index contributed by atoms with van der Waals surface area (Å²) in [6.45, 7) is 14.7. The van der Waals surface area contributed by atoms with Crippen molar-refractivity contribution in [3.05, 3.63) is 119 Å². The van der Waals surface area contributed by atoms with Crippen LogP contribution >= 0.6 is 0 Å². The minimum atomic E-state index is -0.321. The van der Waals surface area contributed by atoms with Crippen LogP contribution in [0.15, 0.2) is 84.9 Å². The monoisotopic (exact) mass is 544 g/mol. The molecule has 0 spiro atoms. The number of aryl methyl sites for hydroxylation is 1. The fourth-order valence-electron chi connectivity index (χ4n) is 6.77. The van der Waals surface area contributed by atoms with E-state index >= 15 is 4.39 Å². The summed E-state index contributed by atoms with van der Waals surface area (Å²) >= 11 is 0. The van der Waals surface area contributed by atoms with Gasteiger partial charge in [0.15, 0.2) is 0 Å². The minimum Gasteiger partial charge on any atom is -0.462 e. The van der Waals surface area contributed by atoms with Gasteiger partial charge in [0.05, 0.1) is 6.61 Å². The maximum Gasteiger partial charge on any atom is 0.333 e. The first kappa shape index (κ1) is 27.2. The van der Waals surface area contributed by atoms with E-state index in [1.807, 2.05) is 18.2 Å². The van der Waals surface area contributed by atoms with Crippen molar-refractivity contribution in [1.82, 2.24) is 0 Å². The number of hydrogen-bond acceptors (Lipinski definition) is 2. The van der Waals surface area contributed by atoms with Crippen LogP contribution in [0.1, 0.15) is 75.3 Å². The summed E-state index contributed by atoms with van der Waals surface area (Å²) in [5.74, 6) is -0.476. The van der Waals surface area contributed by atoms with E-state index in [2.05, 4.69) is 82.8 Å². The third kappa shape index (κ3) is 4.43. The molecule has 4 aromatic rings. The number of esters is 1. The summed E-state index contributed by atoms with van der Waals surface area (Å²) in [5.41, 5.74) is 12.4. The summed E-state index contributed by atoms with van der Waals surface area (Å²) in [6.07, 6.45) is 2.70. The van der Waals surface area contributed by atoms with Crippen LogP contribution in [0.3, 0.4) is 0 Å². The first-order chi connectivity index (χ1) is 19.5. The van der Waals surface area contributed by atoms with E-state index in [1.54, 1.807) is 13.0 Å². The molecule has 0 saturated heterocycles. The minimum absolute atomic E-state index is 0.155. The van der Waals surface area contributed by atoms with E-state index in [4.69, 9.17) is 4.74 Å². The smallest absolute Gasteiger partial charge is 0.333 e. The molecule has 0 fully saturated rings. The van der Waals surface area contributed by atoms with Crippen LogP contribution in [-0.2, 0) is 26.8 Å². The van der Waals surface area contributed by atoms with Gasteiger partial charge in [-0.2, -0.15) is 0 Å². The van der Waals surface area contributed by atoms with Gasteiger partial charge >= 0.3 is 5.97 Å². The fourth-order valence-corrected chi connectivity index (χ4v) is 6.77. The molecule has 6 rings (SSSR count). The van der Waals surface area contributed by atoms with Crippen LogP contribution in [-0.4, -0.2) is 12.6 Å². The molecule has 2 aliphatic carbocycles. The number of benzene rings is 4. The molecule has 0 radical (unpaired) electrons. The van der Waals surface area contributed by atoms with Crippen molar-refractivity contribution in [2.45, 2.75) is 64.7 Å². The van der Waals surface area contributed by atoms with Crippen molar-refractivity contribution in [3.8, 4) is 33.4 Å². The van der Waals surface area contributed by atoms with Crippen LogP contribution in [0.2, 0.25) is 0 Å². The number of carbonyl (C=O) groups is 1. The van der Waals surface area contributed by atoms with E-state index in [0.717, 1.165) is 47.1 Å². The molecule has 3 heteroatoms. The number of ether oxygens (including phenoxy) is 1. The standard InChI is InChI=1S/C38H37FO2/c1-23(2)36(40)41-18-10-9-11-24-14-16-27-28-17-15-25(20-32(28)38(5,6)31(27)19-24)26-21-33-35(34(39)22-26)29-12-7-8-13-30(29)37(33,3)4/h7-8,12-17,19-22H,1,9-11,18H2,2-6H3. The zero-order valence-electron chi connectivity index (χ0n) is 24.7. The average molecular weight is 545 g/mol. The second-order valence-corrected chi connectivity index (χ2v) is 12.7. The topological polar surface area (TPSA) is 26.3 Å². The molecule has 0 amide bonds. The molecule has 0 unspecified atom stereocenters. The number of halogens is 1. The lowest BCUT2D eigenvalue weighted by molar-refractivity contribution is -0.139. The molecule has 208 valence electrons. The summed E-state index contributed by atoms with van der Waals surface area (Å²) in [4.78, 5) is 11.6. The molecule has 4 aromatic carbocycles. The molecule has 2 nitrogen and oxygen atoms in total. The van der Waals surface area contributed by atoms with Crippen molar-refractivity contribution in [3.63, 3.8) is 0 Å². The quantitative estimate of drug-likeness (QED) is 0.132. The lowest BCUT2D eigenvalue weighted by Crippen LogP contribution is -2.16. The highest BCUT2D eigenvalue weighted by Gasteiger charge is 2.38. The molecule has 0 saturated carbocycles. The molecule has 41 heavy (non-hydrogen) atoms. The Kier molecular flexibility index (Phi) is 6.53. The van der Waals surface area contributed by atoms with Gasteiger partial charge in [0, 0.05) is 22.0 Å². The Morgan fingerprint density at radius 2 is 1.41 bits per heavy atom. The SMILES string of the molecule is C=C(C)C(=O)OCCCCc1ccc2c(c1)C(C)(C)c1cc(-c3cc(F)c4c(c3)C(C)(C)c3ccccc3-4)ccc1-2. The van der Waals surface area contributed by atoms with Crippen LogP contribution in [0.5, 0.6) is 0 Å². The van der Waals surface area contributed by atoms with Crippen LogP contribution in [0.25, 0.3) is 33.4 Å². The van der Waals surface area contributed by atoms with Gasteiger partial charge in [-0.25, -0.2) is 9.18 Å². The molecule has 0 heterocycles. The van der Waals surface area contributed by atoms with Crippen LogP contribution < -0.4 is 0 Å². The molecule has 2 aliphatic rings. The third-order valence-electron chi connectivity index (χ3n) is 9.15. The summed E-state index contributed by atoms with van der Waals surface area (Å²) < 4.78 is 21.0. The van der Waals surface area contributed by atoms with Gasteiger partial charge in [-0.05, 0) is 100 Å². The Morgan fingerprint density at radius 1 is 0.756 bits per heavy atom. The predicted molar refractivity (Wildman–Crippen MR) is 166 cm³/mol. The molecular formula is C38H37FO2. The fraction of sp³-hybridized carbons (Fsp3) is 0.289. The average Bonchev–Trinajstić information content (AvgIpc) is 3.32. The first-order valence-electron chi connectivity index (χ1n) is 14.6. The van der Waals surface area contributed by atoms with Crippen LogP contribution in [0, 0.1) is 5.82 Å². The van der Waals surface area contributed by atoms with E-state index < -0.39 is 0 Å².